The lowest BCUT2D eigenvalue weighted by atomic mass is 9.87. The van der Waals surface area contributed by atoms with E-state index in [0.717, 1.165) is 5.56 Å². The van der Waals surface area contributed by atoms with E-state index >= 15 is 0 Å². The molecule has 0 heterocycles. The van der Waals surface area contributed by atoms with Gasteiger partial charge in [0.05, 0.1) is 0 Å². The van der Waals surface area contributed by atoms with Gasteiger partial charge in [-0.15, -0.1) is 0 Å². The Kier molecular flexibility index (Phi) is 2.82. The Labute approximate surface area is 85.0 Å². The van der Waals surface area contributed by atoms with Gasteiger partial charge in [-0.25, -0.2) is 0 Å². The van der Waals surface area contributed by atoms with Crippen LogP contribution in [-0.4, -0.2) is 23.2 Å². The third-order valence-corrected chi connectivity index (χ3v) is 3.26. The zero-order chi connectivity index (χ0) is 11.0. The molecule has 1 rings (SSSR count). The highest BCUT2D eigenvalue weighted by atomic mass is 28.4. The van der Waals surface area contributed by atoms with Gasteiger partial charge < -0.3 is 14.4 Å². The van der Waals surface area contributed by atoms with E-state index in [-0.39, 0.29) is 10.6 Å². The number of rotatable bonds is 1. The first kappa shape index (κ1) is 11.4. The highest BCUT2D eigenvalue weighted by molar-refractivity contribution is 6.72. The lowest BCUT2D eigenvalue weighted by Crippen LogP contribution is -2.52. The molecule has 0 spiro atoms. The molecule has 3 nitrogen and oxygen atoms in total. The fourth-order valence-electron chi connectivity index (χ4n) is 1.43. The average molecular weight is 212 g/mol. The van der Waals surface area contributed by atoms with Crippen LogP contribution in [0.25, 0.3) is 0 Å². The zero-order valence-corrected chi connectivity index (χ0v) is 9.65. The van der Waals surface area contributed by atoms with Crippen LogP contribution in [0.4, 0.5) is 0 Å². The lowest BCUT2D eigenvalue weighted by molar-refractivity contribution is 0.249. The number of benzene rings is 1. The largest absolute Gasteiger partial charge is 0.529 e. The average Bonchev–Trinajstić information content (AvgIpc) is 2.01. The summed E-state index contributed by atoms with van der Waals surface area (Å²) in [5.74, 6) is 0. The molecule has 0 fully saturated rings. The summed E-state index contributed by atoms with van der Waals surface area (Å²) in [5.41, 5.74) is 0.572. The lowest BCUT2D eigenvalue weighted by Gasteiger charge is -2.24. The van der Waals surface area contributed by atoms with Crippen molar-refractivity contribution in [3.63, 3.8) is 0 Å². The number of hydrogen-bond donors (Lipinski definition) is 3. The van der Waals surface area contributed by atoms with Crippen molar-refractivity contribution in [3.8, 4) is 0 Å². The molecule has 0 aliphatic carbocycles. The summed E-state index contributed by atoms with van der Waals surface area (Å²) in [7, 11) is -4.19. The molecule has 14 heavy (non-hydrogen) atoms. The Balaban J connectivity index is 3.31. The van der Waals surface area contributed by atoms with Crippen molar-refractivity contribution in [2.24, 2.45) is 0 Å². The van der Waals surface area contributed by atoms with E-state index < -0.39 is 8.80 Å². The summed E-state index contributed by atoms with van der Waals surface area (Å²) in [6, 6.07) is 6.88. The van der Waals surface area contributed by atoms with Crippen molar-refractivity contribution in [3.05, 3.63) is 29.8 Å². The van der Waals surface area contributed by atoms with Crippen LogP contribution in [0.3, 0.4) is 0 Å². The molecular weight excluding hydrogens is 196 g/mol. The maximum Gasteiger partial charge on any atom is 0.529 e. The molecule has 0 saturated heterocycles. The predicted octanol–water partition coefficient (Wildman–Crippen LogP) is 0.107. The molecule has 4 heteroatoms. The summed E-state index contributed by atoms with van der Waals surface area (Å²) in [4.78, 5) is 27.8. The minimum Gasteiger partial charge on any atom is -0.386 e. The van der Waals surface area contributed by atoms with Gasteiger partial charge in [0, 0.05) is 5.19 Å². The van der Waals surface area contributed by atoms with Gasteiger partial charge in [0.2, 0.25) is 0 Å². The van der Waals surface area contributed by atoms with Gasteiger partial charge in [0.15, 0.2) is 0 Å². The Morgan fingerprint density at radius 2 is 1.50 bits per heavy atom. The van der Waals surface area contributed by atoms with E-state index in [1.165, 1.54) is 0 Å². The highest BCUT2D eigenvalue weighted by Crippen LogP contribution is 2.20. The maximum atomic E-state index is 9.28. The van der Waals surface area contributed by atoms with Gasteiger partial charge in [-0.3, -0.25) is 0 Å². The van der Waals surface area contributed by atoms with E-state index in [9.17, 15) is 14.4 Å². The van der Waals surface area contributed by atoms with Crippen LogP contribution in [0.1, 0.15) is 26.3 Å². The fraction of sp³-hybridized carbons (Fsp3) is 0.400. The molecule has 1 aromatic carbocycles. The predicted molar refractivity (Wildman–Crippen MR) is 57.2 cm³/mol. The van der Waals surface area contributed by atoms with E-state index in [1.54, 1.807) is 18.2 Å². The molecule has 3 N–H and O–H groups in total. The Hall–Kier alpha value is -0.683. The third kappa shape index (κ3) is 2.42. The van der Waals surface area contributed by atoms with Gasteiger partial charge in [-0.2, -0.15) is 0 Å². The molecule has 0 saturated carbocycles. The van der Waals surface area contributed by atoms with Crippen molar-refractivity contribution < 1.29 is 14.4 Å². The monoisotopic (exact) mass is 212 g/mol. The van der Waals surface area contributed by atoms with Gasteiger partial charge in [0.25, 0.3) is 0 Å². The van der Waals surface area contributed by atoms with Crippen molar-refractivity contribution in [1.29, 1.82) is 0 Å². The van der Waals surface area contributed by atoms with Crippen molar-refractivity contribution >= 4 is 14.0 Å². The maximum absolute atomic E-state index is 9.28. The molecule has 0 bridgehead atoms. The van der Waals surface area contributed by atoms with Crippen molar-refractivity contribution in [1.82, 2.24) is 0 Å². The SMILES string of the molecule is CC(C)(C)c1ccccc1[Si](O)(O)O. The topological polar surface area (TPSA) is 60.7 Å². The molecular formula is C10H16O3Si. The molecule has 0 aliphatic heterocycles. The number of hydrogen-bond acceptors (Lipinski definition) is 3. The summed E-state index contributed by atoms with van der Waals surface area (Å²) < 4.78 is 0. The Morgan fingerprint density at radius 1 is 1.00 bits per heavy atom. The summed E-state index contributed by atoms with van der Waals surface area (Å²) in [5, 5.41) is 0.271. The molecule has 78 valence electrons. The van der Waals surface area contributed by atoms with Gasteiger partial charge in [-0.05, 0) is 11.0 Å². The van der Waals surface area contributed by atoms with Gasteiger partial charge >= 0.3 is 8.80 Å². The molecule has 0 amide bonds. The quantitative estimate of drug-likeness (QED) is 0.579. The first-order valence-electron chi connectivity index (χ1n) is 4.50. The van der Waals surface area contributed by atoms with Crippen LogP contribution >= 0.6 is 0 Å². The van der Waals surface area contributed by atoms with Gasteiger partial charge in [0.1, 0.15) is 0 Å². The van der Waals surface area contributed by atoms with Gasteiger partial charge in [-0.1, -0.05) is 45.0 Å². The third-order valence-electron chi connectivity index (χ3n) is 2.10. The van der Waals surface area contributed by atoms with Crippen LogP contribution in [0.5, 0.6) is 0 Å². The molecule has 0 aromatic heterocycles. The molecule has 0 radical (unpaired) electrons. The molecule has 1 aromatic rings. The second-order valence-corrected chi connectivity index (χ2v) is 6.24. The Morgan fingerprint density at radius 3 is 1.86 bits per heavy atom. The Bertz CT molecular complexity index is 290. The van der Waals surface area contributed by atoms with E-state index in [2.05, 4.69) is 0 Å². The van der Waals surface area contributed by atoms with Crippen LogP contribution < -0.4 is 5.19 Å². The minimum absolute atomic E-state index is 0.205. The van der Waals surface area contributed by atoms with E-state index in [0.29, 0.717) is 0 Å². The van der Waals surface area contributed by atoms with Crippen molar-refractivity contribution in [2.45, 2.75) is 26.2 Å². The standard InChI is InChI=1S/C10H16O3Si/c1-10(2,3)8-6-4-5-7-9(8)14(11,12)13/h4-7,11-13H,1-3H3. The highest BCUT2D eigenvalue weighted by Gasteiger charge is 2.35. The molecule has 0 unspecified atom stereocenters. The molecule has 0 atom stereocenters. The first-order chi connectivity index (χ1) is 6.23. The van der Waals surface area contributed by atoms with E-state index in [1.807, 2.05) is 26.8 Å². The second kappa shape index (κ2) is 3.47. The normalized spacial score (nSPS) is 13.0. The first-order valence-corrected chi connectivity index (χ1v) is 6.34. The smallest absolute Gasteiger partial charge is 0.386 e. The zero-order valence-electron chi connectivity index (χ0n) is 8.65. The van der Waals surface area contributed by atoms with Crippen molar-refractivity contribution in [2.75, 3.05) is 0 Å². The van der Waals surface area contributed by atoms with Crippen LogP contribution in [0, 0.1) is 0 Å². The summed E-state index contributed by atoms with van der Waals surface area (Å²) in [6.45, 7) is 5.89. The second-order valence-electron chi connectivity index (χ2n) is 4.43. The summed E-state index contributed by atoms with van der Waals surface area (Å²) in [6.07, 6.45) is 0. The van der Waals surface area contributed by atoms with Crippen LogP contribution in [0.2, 0.25) is 0 Å². The van der Waals surface area contributed by atoms with E-state index in [4.69, 9.17) is 0 Å². The fourth-order valence-corrected chi connectivity index (χ4v) is 2.57. The summed E-state index contributed by atoms with van der Waals surface area (Å²) >= 11 is 0. The van der Waals surface area contributed by atoms with Crippen LogP contribution in [-0.2, 0) is 5.41 Å². The minimum atomic E-state index is -4.19. The molecule has 0 aliphatic rings. The van der Waals surface area contributed by atoms with Crippen LogP contribution in [0.15, 0.2) is 24.3 Å².